The van der Waals surface area contributed by atoms with Crippen LogP contribution in [0.5, 0.6) is 0 Å². The van der Waals surface area contributed by atoms with E-state index in [0.29, 0.717) is 0 Å². The lowest BCUT2D eigenvalue weighted by Crippen LogP contribution is -2.40. The molecule has 0 saturated carbocycles. The summed E-state index contributed by atoms with van der Waals surface area (Å²) in [5.74, 6) is 0.947. The van der Waals surface area contributed by atoms with Crippen molar-refractivity contribution in [3.63, 3.8) is 0 Å². The van der Waals surface area contributed by atoms with Gasteiger partial charge in [0.2, 0.25) is 0 Å². The summed E-state index contributed by atoms with van der Waals surface area (Å²) in [4.78, 5) is 11.5. The van der Waals surface area contributed by atoms with Gasteiger partial charge in [0.15, 0.2) is 5.96 Å². The van der Waals surface area contributed by atoms with E-state index in [-0.39, 0.29) is 0 Å². The first-order valence-corrected chi connectivity index (χ1v) is 9.15. The quantitative estimate of drug-likeness (QED) is 0.533. The summed E-state index contributed by atoms with van der Waals surface area (Å²) in [6, 6.07) is 14.9. The molecular formula is C19H24N4S. The van der Waals surface area contributed by atoms with Gasteiger partial charge in [-0.3, -0.25) is 4.99 Å². The maximum absolute atomic E-state index is 4.39. The molecule has 0 amide bonds. The van der Waals surface area contributed by atoms with Crippen LogP contribution in [0.4, 0.5) is 0 Å². The minimum Gasteiger partial charge on any atom is -0.358 e. The van der Waals surface area contributed by atoms with E-state index in [1.807, 2.05) is 18.4 Å². The monoisotopic (exact) mass is 340 g/mol. The van der Waals surface area contributed by atoms with Crippen molar-refractivity contribution in [2.45, 2.75) is 12.8 Å². The standard InChI is InChI=1S/C19H24N4S/c1-20-19(23(2)12-10-17-7-5-13-24-17)21-11-9-16-14-15-6-3-4-8-18(15)22-16/h3-8,13-14,22H,9-12H2,1-2H3,(H,20,21). The minimum atomic E-state index is 0.864. The van der Waals surface area contributed by atoms with Crippen molar-refractivity contribution in [1.82, 2.24) is 15.2 Å². The third-order valence-corrected chi connectivity index (χ3v) is 5.05. The second kappa shape index (κ2) is 8.02. The van der Waals surface area contributed by atoms with Gasteiger partial charge in [0.05, 0.1) is 0 Å². The summed E-state index contributed by atoms with van der Waals surface area (Å²) in [6.07, 6.45) is 2.00. The zero-order valence-corrected chi connectivity index (χ0v) is 15.1. The van der Waals surface area contributed by atoms with Crippen LogP contribution in [-0.4, -0.2) is 43.0 Å². The van der Waals surface area contributed by atoms with Gasteiger partial charge in [-0.05, 0) is 35.4 Å². The number of nitrogens with one attached hydrogen (secondary N) is 2. The lowest BCUT2D eigenvalue weighted by molar-refractivity contribution is 0.487. The minimum absolute atomic E-state index is 0.864. The van der Waals surface area contributed by atoms with Crippen LogP contribution in [0, 0.1) is 0 Å². The van der Waals surface area contributed by atoms with Crippen LogP contribution in [-0.2, 0) is 12.8 Å². The van der Waals surface area contributed by atoms with E-state index in [1.54, 1.807) is 0 Å². The Balaban J connectivity index is 1.48. The van der Waals surface area contributed by atoms with Gasteiger partial charge >= 0.3 is 0 Å². The summed E-state index contributed by atoms with van der Waals surface area (Å²) in [5.41, 5.74) is 2.45. The highest BCUT2D eigenvalue weighted by atomic mass is 32.1. The molecule has 2 heterocycles. The van der Waals surface area contributed by atoms with Crippen molar-refractivity contribution in [1.29, 1.82) is 0 Å². The molecule has 0 saturated heterocycles. The van der Waals surface area contributed by atoms with E-state index in [2.05, 4.69) is 75.1 Å². The Morgan fingerprint density at radius 3 is 2.83 bits per heavy atom. The maximum Gasteiger partial charge on any atom is 0.193 e. The molecule has 0 aliphatic carbocycles. The van der Waals surface area contributed by atoms with Gasteiger partial charge in [-0.1, -0.05) is 24.3 Å². The van der Waals surface area contributed by atoms with Gasteiger partial charge < -0.3 is 15.2 Å². The predicted octanol–water partition coefficient (Wildman–Crippen LogP) is 3.52. The first-order valence-electron chi connectivity index (χ1n) is 8.27. The summed E-state index contributed by atoms with van der Waals surface area (Å²) < 4.78 is 0. The Kier molecular flexibility index (Phi) is 5.54. The molecule has 1 aromatic carbocycles. The fourth-order valence-corrected chi connectivity index (χ4v) is 3.50. The molecule has 0 fully saturated rings. The summed E-state index contributed by atoms with van der Waals surface area (Å²) in [6.45, 7) is 1.83. The smallest absolute Gasteiger partial charge is 0.193 e. The molecule has 4 nitrogen and oxygen atoms in total. The first-order chi connectivity index (χ1) is 11.8. The number of benzene rings is 1. The number of nitrogens with zero attached hydrogens (tertiary/aromatic N) is 2. The first kappa shape index (κ1) is 16.6. The van der Waals surface area contributed by atoms with Gasteiger partial charge in [0.25, 0.3) is 0 Å². The Morgan fingerprint density at radius 2 is 2.08 bits per heavy atom. The number of aromatic amines is 1. The molecule has 3 rings (SSSR count). The van der Waals surface area contributed by atoms with Crippen LogP contribution in [0.2, 0.25) is 0 Å². The molecule has 0 bridgehead atoms. The van der Waals surface area contributed by atoms with E-state index < -0.39 is 0 Å². The van der Waals surface area contributed by atoms with Gasteiger partial charge in [0.1, 0.15) is 0 Å². The predicted molar refractivity (Wildman–Crippen MR) is 104 cm³/mol. The third-order valence-electron chi connectivity index (χ3n) is 4.11. The molecule has 0 spiro atoms. The van der Waals surface area contributed by atoms with Gasteiger partial charge in [-0.25, -0.2) is 0 Å². The Bertz CT molecular complexity index is 756. The number of para-hydroxylation sites is 1. The molecule has 0 radical (unpaired) electrons. The van der Waals surface area contributed by atoms with Crippen LogP contribution >= 0.6 is 11.3 Å². The number of guanidine groups is 1. The number of thiophene rings is 1. The zero-order chi connectivity index (χ0) is 16.8. The molecule has 0 aliphatic rings. The second-order valence-electron chi connectivity index (χ2n) is 5.86. The van der Waals surface area contributed by atoms with E-state index in [9.17, 15) is 0 Å². The lowest BCUT2D eigenvalue weighted by Gasteiger charge is -2.21. The number of H-pyrrole nitrogens is 1. The van der Waals surface area contributed by atoms with E-state index in [0.717, 1.165) is 31.9 Å². The molecule has 5 heteroatoms. The molecule has 0 atom stereocenters. The van der Waals surface area contributed by atoms with Crippen molar-refractivity contribution in [3.8, 4) is 0 Å². The van der Waals surface area contributed by atoms with E-state index in [4.69, 9.17) is 0 Å². The van der Waals surface area contributed by atoms with Crippen LogP contribution < -0.4 is 5.32 Å². The number of fused-ring (bicyclic) bond motifs is 1. The fourth-order valence-electron chi connectivity index (χ4n) is 2.80. The second-order valence-corrected chi connectivity index (χ2v) is 6.89. The van der Waals surface area contributed by atoms with Crippen LogP contribution in [0.1, 0.15) is 10.6 Å². The number of aromatic nitrogens is 1. The summed E-state index contributed by atoms with van der Waals surface area (Å²) in [7, 11) is 3.93. The molecule has 24 heavy (non-hydrogen) atoms. The van der Waals surface area contributed by atoms with Crippen molar-refractivity contribution < 1.29 is 0 Å². The van der Waals surface area contributed by atoms with Crippen molar-refractivity contribution >= 4 is 28.2 Å². The molecule has 2 aromatic heterocycles. The van der Waals surface area contributed by atoms with Crippen molar-refractivity contribution in [2.24, 2.45) is 4.99 Å². The topological polar surface area (TPSA) is 43.4 Å². The van der Waals surface area contributed by atoms with Crippen molar-refractivity contribution in [3.05, 3.63) is 58.4 Å². The highest BCUT2D eigenvalue weighted by Gasteiger charge is 2.06. The zero-order valence-electron chi connectivity index (χ0n) is 14.2. The maximum atomic E-state index is 4.39. The van der Waals surface area contributed by atoms with E-state index in [1.165, 1.54) is 21.5 Å². The van der Waals surface area contributed by atoms with Crippen LogP contribution in [0.25, 0.3) is 10.9 Å². The number of aliphatic imine (C=N–C) groups is 1. The molecule has 0 aliphatic heterocycles. The number of likely N-dealkylation sites (N-methyl/N-ethyl adjacent to an activating group) is 1. The van der Waals surface area contributed by atoms with Crippen LogP contribution in [0.3, 0.4) is 0 Å². The summed E-state index contributed by atoms with van der Waals surface area (Å²) in [5, 5.41) is 6.85. The fraction of sp³-hybridized carbons (Fsp3) is 0.316. The SMILES string of the molecule is CN=C(NCCc1cc2ccccc2[nH]1)N(C)CCc1cccs1. The molecule has 2 N–H and O–H groups in total. The van der Waals surface area contributed by atoms with Gasteiger partial charge in [-0.2, -0.15) is 0 Å². The van der Waals surface area contributed by atoms with Gasteiger partial charge in [-0.15, -0.1) is 11.3 Å². The highest BCUT2D eigenvalue weighted by Crippen LogP contribution is 2.14. The summed E-state index contributed by atoms with van der Waals surface area (Å²) >= 11 is 1.81. The number of hydrogen-bond acceptors (Lipinski definition) is 2. The highest BCUT2D eigenvalue weighted by molar-refractivity contribution is 7.09. The molecule has 0 unspecified atom stereocenters. The number of hydrogen-bond donors (Lipinski definition) is 2. The normalized spacial score (nSPS) is 11.8. The lowest BCUT2D eigenvalue weighted by atomic mass is 10.2. The molecule has 126 valence electrons. The average Bonchev–Trinajstić information content (AvgIpc) is 3.25. The molecule has 3 aromatic rings. The Morgan fingerprint density at radius 1 is 1.21 bits per heavy atom. The number of rotatable bonds is 6. The van der Waals surface area contributed by atoms with Gasteiger partial charge in [0, 0.05) is 49.7 Å². The Labute approximate surface area is 147 Å². The largest absolute Gasteiger partial charge is 0.358 e. The van der Waals surface area contributed by atoms with E-state index >= 15 is 0 Å². The van der Waals surface area contributed by atoms with Crippen molar-refractivity contribution in [2.75, 3.05) is 27.2 Å². The van der Waals surface area contributed by atoms with Crippen LogP contribution in [0.15, 0.2) is 52.8 Å². The average molecular weight is 340 g/mol. The molecular weight excluding hydrogens is 316 g/mol. The third kappa shape index (κ3) is 4.17. The Hall–Kier alpha value is -2.27.